The Morgan fingerprint density at radius 2 is 0.914 bits per heavy atom. The zero-order chi connectivity index (χ0) is 59.7. The molecule has 3 aliphatic heterocycles. The molecule has 458 valence electrons. The van der Waals surface area contributed by atoms with Gasteiger partial charge in [0.05, 0.1) is 64.2 Å². The Bertz CT molecular complexity index is 2480. The van der Waals surface area contributed by atoms with Gasteiger partial charge in [-0.25, -0.2) is 13.1 Å². The molecule has 0 saturated carbocycles. The van der Waals surface area contributed by atoms with E-state index < -0.39 is 197 Å². The second-order valence-corrected chi connectivity index (χ2v) is 21.0. The molecule has 32 nitrogen and oxygen atoms in total. The number of aliphatic hydroxyl groups is 12. The van der Waals surface area contributed by atoms with E-state index in [0.717, 1.165) is 9.80 Å². The maximum Gasteiger partial charge on any atom is 0.241 e. The first-order chi connectivity index (χ1) is 38.4. The van der Waals surface area contributed by atoms with Crippen LogP contribution in [0.15, 0.2) is 41.3 Å². The quantitative estimate of drug-likeness (QED) is 0.0323. The van der Waals surface area contributed by atoms with Crippen molar-refractivity contribution < 1.29 is 122 Å². The highest BCUT2D eigenvalue weighted by atomic mass is 32.2. The highest BCUT2D eigenvalue weighted by Crippen LogP contribution is 2.30. The fourth-order valence-electron chi connectivity index (χ4n) is 8.70. The lowest BCUT2D eigenvalue weighted by molar-refractivity contribution is -0.300. The summed E-state index contributed by atoms with van der Waals surface area (Å²) < 4.78 is 62.0. The van der Waals surface area contributed by atoms with E-state index in [-0.39, 0.29) is 44.4 Å². The van der Waals surface area contributed by atoms with E-state index in [2.05, 4.69) is 20.7 Å². The highest BCUT2D eigenvalue weighted by Gasteiger charge is 2.46. The molecule has 2 aromatic rings. The first-order valence-electron chi connectivity index (χ1n) is 25.7. The summed E-state index contributed by atoms with van der Waals surface area (Å²) >= 11 is 0. The van der Waals surface area contributed by atoms with Gasteiger partial charge in [0.15, 0.2) is 18.9 Å². The number of sulfonamides is 1. The normalized spacial score (nSPS) is 28.7. The van der Waals surface area contributed by atoms with Gasteiger partial charge in [0.2, 0.25) is 39.6 Å². The third kappa shape index (κ3) is 18.3. The van der Waals surface area contributed by atoms with Crippen LogP contribution in [-0.4, -0.2) is 307 Å². The van der Waals surface area contributed by atoms with Crippen LogP contribution in [0.5, 0.6) is 0 Å². The first kappa shape index (κ1) is 66.8. The highest BCUT2D eigenvalue weighted by molar-refractivity contribution is 7.89. The van der Waals surface area contributed by atoms with Crippen LogP contribution in [0.25, 0.3) is 10.8 Å². The summed E-state index contributed by atoms with van der Waals surface area (Å²) in [6.07, 6.45) is -24.8. The van der Waals surface area contributed by atoms with E-state index in [1.165, 1.54) is 12.1 Å². The molecule has 0 radical (unpaired) electrons. The van der Waals surface area contributed by atoms with Crippen molar-refractivity contribution in [3.63, 3.8) is 0 Å². The number of hydrogen-bond donors (Lipinski definition) is 16. The molecule has 3 fully saturated rings. The molecule has 5 amide bonds. The molecule has 3 heterocycles. The standard InChI is InChI=1S/C48H75N7O25S/c1-53(2)27-7-3-6-26-25(27)5-4-8-31(26)81(73,74)52-19-36(63)55(21-34(61)51-13-18-77-48-45(72)42(69)39(66)30(24-58)80-48)15-10-35(62)54(20-33(60)50-12-17-76-47-44(71)41(68)38(65)29(23-57)79-47)14-9-32(59)49-11-16-75-46-43(70)40(67)37(64)28(22-56)78-46/h3-8,28-30,37-48,52,56-58,64-72H,9-24H2,1-2H3,(H,49,59)(H,50,60)(H,51,61)/t28-,29-,30-,37+,38+,39+,40+,41+,42+,43-,44-,45-,46-,47-,48-/m1/s1. The smallest absolute Gasteiger partial charge is 0.241 e. The lowest BCUT2D eigenvalue weighted by Crippen LogP contribution is -2.59. The van der Waals surface area contributed by atoms with Crippen molar-refractivity contribution in [2.24, 2.45) is 0 Å². The van der Waals surface area contributed by atoms with Crippen LogP contribution < -0.4 is 25.6 Å². The Morgan fingerprint density at radius 3 is 1.35 bits per heavy atom. The van der Waals surface area contributed by atoms with Gasteiger partial charge in [0.25, 0.3) is 0 Å². The average molecular weight is 1180 g/mol. The molecule has 0 aromatic heterocycles. The summed E-state index contributed by atoms with van der Waals surface area (Å²) in [6, 6.07) is 9.59. The van der Waals surface area contributed by atoms with Gasteiger partial charge in [-0.3, -0.25) is 24.0 Å². The van der Waals surface area contributed by atoms with E-state index in [9.17, 15) is 93.7 Å². The average Bonchev–Trinajstić information content (AvgIpc) is 3.64. The summed E-state index contributed by atoms with van der Waals surface area (Å²) in [5, 5.41) is 128. The number of carbonyl (C=O) groups is 5. The van der Waals surface area contributed by atoms with Gasteiger partial charge in [-0.1, -0.05) is 24.3 Å². The lowest BCUT2D eigenvalue weighted by Gasteiger charge is -2.39. The number of amides is 5. The summed E-state index contributed by atoms with van der Waals surface area (Å²) in [4.78, 5) is 71.2. The van der Waals surface area contributed by atoms with Gasteiger partial charge in [-0.2, -0.15) is 0 Å². The van der Waals surface area contributed by atoms with Crippen molar-refractivity contribution in [3.8, 4) is 0 Å². The Hall–Kier alpha value is -4.96. The Balaban J connectivity index is 1.26. The number of carbonyl (C=O) groups excluding carboxylic acids is 5. The van der Waals surface area contributed by atoms with Gasteiger partial charge in [0, 0.05) is 76.1 Å². The van der Waals surface area contributed by atoms with E-state index in [1.54, 1.807) is 43.3 Å². The maximum atomic E-state index is 14.1. The Kier molecular flexibility index (Phi) is 26.1. The van der Waals surface area contributed by atoms with Crippen molar-refractivity contribution in [1.29, 1.82) is 0 Å². The lowest BCUT2D eigenvalue weighted by atomic mass is 9.99. The zero-order valence-electron chi connectivity index (χ0n) is 44.4. The molecule has 0 spiro atoms. The van der Waals surface area contributed by atoms with Crippen LogP contribution in [0.1, 0.15) is 12.8 Å². The third-order valence-corrected chi connectivity index (χ3v) is 14.7. The molecule has 3 aliphatic rings. The second-order valence-electron chi connectivity index (χ2n) is 19.2. The van der Waals surface area contributed by atoms with Crippen LogP contribution in [0.4, 0.5) is 5.69 Å². The van der Waals surface area contributed by atoms with Gasteiger partial charge < -0.3 is 120 Å². The minimum Gasteiger partial charge on any atom is -0.394 e. The van der Waals surface area contributed by atoms with Crippen molar-refractivity contribution >= 4 is 56.0 Å². The van der Waals surface area contributed by atoms with E-state index in [4.69, 9.17) is 28.4 Å². The topological polar surface area (TPSA) is 475 Å². The number of hydrogen-bond acceptors (Lipinski definition) is 26. The SMILES string of the molecule is CN(C)c1cccc2c(S(=O)(=O)NCC(=O)N(CCC(=O)N(CCC(=O)NCCO[C@@H]3O[C@H](CO)[C@H](O)[C@H](O)[C@H]3O)CC(=O)NCCO[C@@H]3O[C@H](CO)[C@H](O)[C@H](O)[C@H]3O)CC(=O)NCCO[C@@H]3O[C@H](CO)[C@H](O)[C@H](O)[C@H]3O)cccc12. The number of nitrogens with one attached hydrogen (secondary N) is 4. The zero-order valence-corrected chi connectivity index (χ0v) is 45.2. The van der Waals surface area contributed by atoms with Crippen molar-refractivity contribution in [2.45, 2.75) is 110 Å². The third-order valence-electron chi connectivity index (χ3n) is 13.3. The van der Waals surface area contributed by atoms with E-state index in [0.29, 0.717) is 16.5 Å². The van der Waals surface area contributed by atoms with Gasteiger partial charge in [0.1, 0.15) is 73.2 Å². The number of fused-ring (bicyclic) bond motifs is 1. The molecule has 3 saturated heterocycles. The largest absolute Gasteiger partial charge is 0.394 e. The number of aliphatic hydroxyl groups excluding tert-OH is 12. The summed E-state index contributed by atoms with van der Waals surface area (Å²) in [5.41, 5.74) is 0.703. The van der Waals surface area contributed by atoms with Crippen molar-refractivity contribution in [1.82, 2.24) is 30.5 Å². The van der Waals surface area contributed by atoms with Gasteiger partial charge in [-0.05, 0) is 12.1 Å². The molecule has 0 aliphatic carbocycles. The molecule has 0 unspecified atom stereocenters. The number of ether oxygens (including phenoxy) is 6. The van der Waals surface area contributed by atoms with E-state index in [1.807, 2.05) is 0 Å². The van der Waals surface area contributed by atoms with Gasteiger partial charge in [-0.15, -0.1) is 0 Å². The predicted molar refractivity (Wildman–Crippen MR) is 274 cm³/mol. The van der Waals surface area contributed by atoms with Crippen molar-refractivity contribution in [2.75, 3.05) is 111 Å². The number of benzene rings is 2. The molecule has 81 heavy (non-hydrogen) atoms. The first-order valence-corrected chi connectivity index (χ1v) is 27.2. The molecule has 16 N–H and O–H groups in total. The molecular formula is C48H75N7O25S. The molecule has 5 rings (SSSR count). The summed E-state index contributed by atoms with van der Waals surface area (Å²) in [5.74, 6) is -4.24. The molecule has 33 heteroatoms. The number of rotatable bonds is 30. The maximum absolute atomic E-state index is 14.1. The molecule has 2 aromatic carbocycles. The van der Waals surface area contributed by atoms with Crippen molar-refractivity contribution in [3.05, 3.63) is 36.4 Å². The summed E-state index contributed by atoms with van der Waals surface area (Å²) in [6.45, 7) is -7.53. The molecular weight excluding hydrogens is 1110 g/mol. The number of anilines is 1. The second kappa shape index (κ2) is 31.6. The Labute approximate surface area is 464 Å². The monoisotopic (exact) mass is 1180 g/mol. The minimum atomic E-state index is -4.44. The van der Waals surface area contributed by atoms with E-state index >= 15 is 0 Å². The fourth-order valence-corrected chi connectivity index (χ4v) is 9.90. The van der Waals surface area contributed by atoms with Crippen LogP contribution in [0, 0.1) is 0 Å². The van der Waals surface area contributed by atoms with Crippen LogP contribution in [-0.2, 0) is 62.4 Å². The fraction of sp³-hybridized carbons (Fsp3) is 0.688. The minimum absolute atomic E-state index is 0.171. The predicted octanol–water partition coefficient (Wildman–Crippen LogP) is -9.58. The van der Waals surface area contributed by atoms with Crippen LogP contribution >= 0.6 is 0 Å². The molecule has 0 bridgehead atoms. The number of nitrogens with zero attached hydrogens (tertiary/aromatic N) is 3. The van der Waals surface area contributed by atoms with Gasteiger partial charge >= 0.3 is 0 Å². The van der Waals surface area contributed by atoms with Crippen LogP contribution in [0.3, 0.4) is 0 Å². The molecule has 15 atom stereocenters. The summed E-state index contributed by atoms with van der Waals surface area (Å²) in [7, 11) is -0.898. The Morgan fingerprint density at radius 1 is 0.519 bits per heavy atom. The van der Waals surface area contributed by atoms with Crippen LogP contribution in [0.2, 0.25) is 0 Å².